The zero-order valence-corrected chi connectivity index (χ0v) is 13.1. The number of ketones is 1. The minimum absolute atomic E-state index is 0.109. The summed E-state index contributed by atoms with van der Waals surface area (Å²) in [6.07, 6.45) is 2.24. The van der Waals surface area contributed by atoms with Crippen molar-refractivity contribution in [2.24, 2.45) is 0 Å². The fraction of sp³-hybridized carbons (Fsp3) is 0.294. The van der Waals surface area contributed by atoms with E-state index in [-0.39, 0.29) is 5.71 Å². The highest BCUT2D eigenvalue weighted by Gasteiger charge is 2.24. The fourth-order valence-corrected chi connectivity index (χ4v) is 2.25. The summed E-state index contributed by atoms with van der Waals surface area (Å²) in [5.41, 5.74) is 1.71. The Labute approximate surface area is 134 Å². The zero-order chi connectivity index (χ0) is 16.8. The predicted octanol–water partition coefficient (Wildman–Crippen LogP) is 2.72. The van der Waals surface area contributed by atoms with Crippen LogP contribution in [0.5, 0.6) is 0 Å². The van der Waals surface area contributed by atoms with E-state index < -0.39 is 24.3 Å². The molecular weight excluding hydrogens is 294 g/mol. The molecule has 2 rings (SSSR count). The number of benzene rings is 1. The number of carbonyl (C=O) groups excluding carboxylic acids is 2. The lowest BCUT2D eigenvalue weighted by Gasteiger charge is -2.13. The van der Waals surface area contributed by atoms with E-state index >= 15 is 0 Å². The van der Waals surface area contributed by atoms with Gasteiger partial charge in [0.05, 0.1) is 23.5 Å². The van der Waals surface area contributed by atoms with Gasteiger partial charge >= 0.3 is 5.97 Å². The number of carbonyl (C=O) groups is 2. The summed E-state index contributed by atoms with van der Waals surface area (Å²) in [4.78, 5) is 30.2. The maximum Gasteiger partial charge on any atom is 0.303 e. The van der Waals surface area contributed by atoms with Crippen LogP contribution in [0.2, 0.25) is 0 Å². The first-order chi connectivity index (χ1) is 11.0. The maximum atomic E-state index is 12.0. The van der Waals surface area contributed by atoms with Crippen LogP contribution in [-0.4, -0.2) is 34.0 Å². The second-order valence-electron chi connectivity index (χ2n) is 5.13. The molecule has 1 atom stereocenters. The summed E-state index contributed by atoms with van der Waals surface area (Å²) in [5, 5.41) is 8.05. The Hall–Kier alpha value is -2.76. The molecule has 0 aliphatic heterocycles. The van der Waals surface area contributed by atoms with Crippen LogP contribution in [0, 0.1) is 5.41 Å². The molecule has 6 heteroatoms. The molecule has 0 aliphatic carbocycles. The number of nitrogens with zero attached hydrogens (tertiary/aromatic N) is 1. The van der Waals surface area contributed by atoms with Gasteiger partial charge in [-0.25, -0.2) is 4.98 Å². The quantitative estimate of drug-likeness (QED) is 0.607. The Morgan fingerprint density at radius 2 is 2.00 bits per heavy atom. The first-order valence-corrected chi connectivity index (χ1v) is 7.38. The van der Waals surface area contributed by atoms with Crippen molar-refractivity contribution in [2.45, 2.75) is 26.2 Å². The highest BCUT2D eigenvalue weighted by Crippen LogP contribution is 2.23. The first kappa shape index (κ1) is 16.6. The molecule has 0 spiro atoms. The molecule has 1 aromatic heterocycles. The van der Waals surface area contributed by atoms with E-state index in [1.165, 1.54) is 6.92 Å². The minimum atomic E-state index is -0.538. The fourth-order valence-electron chi connectivity index (χ4n) is 2.25. The molecule has 120 valence electrons. The van der Waals surface area contributed by atoms with Gasteiger partial charge in [0.2, 0.25) is 5.78 Å². The van der Waals surface area contributed by atoms with Crippen molar-refractivity contribution in [3.63, 3.8) is 0 Å². The Morgan fingerprint density at radius 1 is 1.30 bits per heavy atom. The lowest BCUT2D eigenvalue weighted by Crippen LogP contribution is -2.26. The van der Waals surface area contributed by atoms with Gasteiger partial charge in [0.15, 0.2) is 6.61 Å². The number of Topliss-reactive ketones (excluding diaryl/α,β-unsaturated/α-hetero) is 1. The molecule has 1 unspecified atom stereocenters. The van der Waals surface area contributed by atoms with Gasteiger partial charge in [-0.2, -0.15) is 0 Å². The van der Waals surface area contributed by atoms with Gasteiger partial charge in [-0.15, -0.1) is 0 Å². The van der Waals surface area contributed by atoms with Crippen LogP contribution in [0.3, 0.4) is 0 Å². The number of hydrogen-bond acceptors (Lipinski definition) is 5. The predicted molar refractivity (Wildman–Crippen MR) is 86.4 cm³/mol. The monoisotopic (exact) mass is 313 g/mol. The standard InChI is InChI=1S/C17H19N3O3/c1-3-13(16(18)15(22)10-23-11(2)21)17-19-9-14(20-17)12-7-5-4-6-8-12/h4-9,13,18H,3,10H2,1-2H3,(H,19,20). The van der Waals surface area contributed by atoms with Crippen LogP contribution in [0.15, 0.2) is 36.5 Å². The molecule has 1 aromatic carbocycles. The third kappa shape index (κ3) is 4.12. The summed E-state index contributed by atoms with van der Waals surface area (Å²) in [5.74, 6) is -0.934. The number of H-pyrrole nitrogens is 1. The Kier molecular flexibility index (Phi) is 5.41. The van der Waals surface area contributed by atoms with Crippen LogP contribution < -0.4 is 0 Å². The molecule has 0 saturated carbocycles. The van der Waals surface area contributed by atoms with Gasteiger partial charge in [-0.3, -0.25) is 9.59 Å². The lowest BCUT2D eigenvalue weighted by molar-refractivity contribution is -0.144. The van der Waals surface area contributed by atoms with Gasteiger partial charge in [0.1, 0.15) is 5.82 Å². The van der Waals surface area contributed by atoms with Crippen molar-refractivity contribution in [1.29, 1.82) is 5.41 Å². The second kappa shape index (κ2) is 7.49. The average Bonchev–Trinajstić information content (AvgIpc) is 3.03. The topological polar surface area (TPSA) is 95.9 Å². The summed E-state index contributed by atoms with van der Waals surface area (Å²) < 4.78 is 4.67. The SMILES string of the molecule is CCC(C(=N)C(=O)COC(C)=O)c1ncc(-c2ccccc2)[nH]1. The van der Waals surface area contributed by atoms with Crippen molar-refractivity contribution >= 4 is 17.5 Å². The smallest absolute Gasteiger partial charge is 0.303 e. The van der Waals surface area contributed by atoms with Gasteiger partial charge in [0.25, 0.3) is 0 Å². The molecule has 2 aromatic rings. The van der Waals surface area contributed by atoms with Crippen LogP contribution in [0.1, 0.15) is 32.0 Å². The van der Waals surface area contributed by atoms with Gasteiger partial charge in [-0.05, 0) is 12.0 Å². The van der Waals surface area contributed by atoms with E-state index in [1.807, 2.05) is 37.3 Å². The lowest BCUT2D eigenvalue weighted by atomic mass is 9.96. The number of aromatic nitrogens is 2. The van der Waals surface area contributed by atoms with Gasteiger partial charge < -0.3 is 15.1 Å². The molecule has 0 saturated heterocycles. The van der Waals surface area contributed by atoms with Crippen molar-refractivity contribution in [3.8, 4) is 11.3 Å². The highest BCUT2D eigenvalue weighted by molar-refractivity contribution is 6.41. The Bertz CT molecular complexity index is 707. The summed E-state index contributed by atoms with van der Waals surface area (Å²) >= 11 is 0. The minimum Gasteiger partial charge on any atom is -0.457 e. The average molecular weight is 313 g/mol. The van der Waals surface area contributed by atoms with E-state index in [1.54, 1.807) is 6.20 Å². The van der Waals surface area contributed by atoms with Crippen molar-refractivity contribution in [3.05, 3.63) is 42.4 Å². The number of esters is 1. The van der Waals surface area contributed by atoms with Crippen LogP contribution in [0.25, 0.3) is 11.3 Å². The third-order valence-corrected chi connectivity index (χ3v) is 3.47. The number of rotatable bonds is 7. The largest absolute Gasteiger partial charge is 0.457 e. The molecule has 1 heterocycles. The molecule has 0 fully saturated rings. The van der Waals surface area contributed by atoms with E-state index in [4.69, 9.17) is 5.41 Å². The summed E-state index contributed by atoms with van der Waals surface area (Å²) in [7, 11) is 0. The van der Waals surface area contributed by atoms with Crippen LogP contribution >= 0.6 is 0 Å². The number of aromatic amines is 1. The van der Waals surface area contributed by atoms with E-state index in [0.29, 0.717) is 12.2 Å². The van der Waals surface area contributed by atoms with Crippen molar-refractivity contribution in [2.75, 3.05) is 6.61 Å². The van der Waals surface area contributed by atoms with Crippen molar-refractivity contribution in [1.82, 2.24) is 9.97 Å². The number of imidazole rings is 1. The Morgan fingerprint density at radius 3 is 2.61 bits per heavy atom. The molecule has 23 heavy (non-hydrogen) atoms. The van der Waals surface area contributed by atoms with Crippen molar-refractivity contribution < 1.29 is 14.3 Å². The Balaban J connectivity index is 2.15. The molecule has 0 amide bonds. The normalized spacial score (nSPS) is 11.7. The molecule has 2 N–H and O–H groups in total. The van der Waals surface area contributed by atoms with Gasteiger partial charge in [-0.1, -0.05) is 37.3 Å². The highest BCUT2D eigenvalue weighted by atomic mass is 16.5. The second-order valence-corrected chi connectivity index (χ2v) is 5.13. The van der Waals surface area contributed by atoms with Crippen LogP contribution in [-0.2, 0) is 14.3 Å². The molecular formula is C17H19N3O3. The van der Waals surface area contributed by atoms with E-state index in [0.717, 1.165) is 11.3 Å². The number of hydrogen-bond donors (Lipinski definition) is 2. The molecule has 0 aliphatic rings. The molecule has 0 radical (unpaired) electrons. The third-order valence-electron chi connectivity index (χ3n) is 3.47. The maximum absolute atomic E-state index is 12.0. The number of ether oxygens (including phenoxy) is 1. The summed E-state index contributed by atoms with van der Waals surface area (Å²) in [6, 6.07) is 9.69. The van der Waals surface area contributed by atoms with E-state index in [2.05, 4.69) is 14.7 Å². The zero-order valence-electron chi connectivity index (χ0n) is 13.1. The van der Waals surface area contributed by atoms with E-state index in [9.17, 15) is 9.59 Å². The van der Waals surface area contributed by atoms with Gasteiger partial charge in [0, 0.05) is 6.92 Å². The van der Waals surface area contributed by atoms with Crippen LogP contribution in [0.4, 0.5) is 0 Å². The molecule has 6 nitrogen and oxygen atoms in total. The first-order valence-electron chi connectivity index (χ1n) is 7.38. The molecule has 0 bridgehead atoms. The summed E-state index contributed by atoms with van der Waals surface area (Å²) in [6.45, 7) is 2.70. The number of nitrogens with one attached hydrogen (secondary N) is 2.